The van der Waals surface area contributed by atoms with E-state index < -0.39 is 30.7 Å². The van der Waals surface area contributed by atoms with Crippen molar-refractivity contribution in [2.24, 2.45) is 0 Å². The van der Waals surface area contributed by atoms with Crippen LogP contribution in [0, 0.1) is 13.8 Å². The molecule has 0 radical (unpaired) electrons. The van der Waals surface area contributed by atoms with Crippen LogP contribution in [0.5, 0.6) is 0 Å². The van der Waals surface area contributed by atoms with Gasteiger partial charge in [0.25, 0.3) is 11.6 Å². The van der Waals surface area contributed by atoms with Gasteiger partial charge in [0.15, 0.2) is 6.29 Å². The van der Waals surface area contributed by atoms with Crippen molar-refractivity contribution >= 4 is 0 Å². The molecule has 0 aromatic carbocycles. The van der Waals surface area contributed by atoms with Crippen LogP contribution in [0.2, 0.25) is 0 Å². The van der Waals surface area contributed by atoms with Gasteiger partial charge in [0.1, 0.15) is 49.2 Å². The quantitative estimate of drug-likeness (QED) is 0.234. The first-order valence-corrected chi connectivity index (χ1v) is 11.8. The zero-order chi connectivity index (χ0) is 23.6. The van der Waals surface area contributed by atoms with Crippen molar-refractivity contribution in [3.63, 3.8) is 0 Å². The Hall–Kier alpha value is -1.82. The normalized spacial score (nSPS) is 25.5. The summed E-state index contributed by atoms with van der Waals surface area (Å²) in [6.45, 7) is 6.54. The number of rotatable bonds is 14. The van der Waals surface area contributed by atoms with Gasteiger partial charge in [-0.05, 0) is 25.7 Å². The van der Waals surface area contributed by atoms with E-state index in [4.69, 9.17) is 18.9 Å². The average Bonchev–Trinajstić information content (AvgIpc) is 3.42. The van der Waals surface area contributed by atoms with E-state index in [1.54, 1.807) is 0 Å². The molecule has 0 spiro atoms. The zero-order valence-corrected chi connectivity index (χ0v) is 20.0. The van der Waals surface area contributed by atoms with Crippen molar-refractivity contribution in [2.45, 2.75) is 83.3 Å². The second-order valence-corrected chi connectivity index (χ2v) is 8.51. The van der Waals surface area contributed by atoms with Crippen LogP contribution in [0.25, 0.3) is 0 Å². The van der Waals surface area contributed by atoms with Crippen LogP contribution < -0.4 is 9.13 Å². The number of unbranched alkanes of at least 4 members (excludes halogenated alkanes) is 2. The Morgan fingerprint density at radius 1 is 0.909 bits per heavy atom. The van der Waals surface area contributed by atoms with Crippen molar-refractivity contribution in [1.82, 2.24) is 9.97 Å². The lowest BCUT2D eigenvalue weighted by Gasteiger charge is -2.43. The molecule has 0 bridgehead atoms. The summed E-state index contributed by atoms with van der Waals surface area (Å²) in [7, 11) is 1.53. The van der Waals surface area contributed by atoms with Gasteiger partial charge in [0.2, 0.25) is 0 Å². The number of aliphatic hydroxyl groups is 2. The summed E-state index contributed by atoms with van der Waals surface area (Å²) in [5.41, 5.74) is 0. The monoisotopic (exact) mass is 468 g/mol. The van der Waals surface area contributed by atoms with Gasteiger partial charge in [-0.1, -0.05) is 0 Å². The molecule has 186 valence electrons. The third kappa shape index (κ3) is 7.08. The number of hydrogen-bond donors (Lipinski definition) is 4. The first kappa shape index (κ1) is 25.8. The number of methoxy groups -OCH3 is 1. The minimum absolute atomic E-state index is 0.315. The van der Waals surface area contributed by atoms with Crippen molar-refractivity contribution < 1.29 is 38.3 Å². The molecule has 10 nitrogen and oxygen atoms in total. The topological polar surface area (TPSA) is 117 Å². The maximum absolute atomic E-state index is 10.8. The summed E-state index contributed by atoms with van der Waals surface area (Å²) in [6.07, 6.45) is 7.79. The van der Waals surface area contributed by atoms with E-state index in [0.717, 1.165) is 50.4 Å². The molecule has 3 rings (SSSR count). The van der Waals surface area contributed by atoms with Gasteiger partial charge in [0.05, 0.1) is 19.7 Å². The molecule has 0 saturated carbocycles. The second kappa shape index (κ2) is 13.2. The Morgan fingerprint density at radius 2 is 1.45 bits per heavy atom. The number of aliphatic hydroxyl groups excluding tert-OH is 2. The lowest BCUT2D eigenvalue weighted by Crippen LogP contribution is -2.60. The van der Waals surface area contributed by atoms with E-state index in [2.05, 4.69) is 19.1 Å². The molecule has 10 heteroatoms. The van der Waals surface area contributed by atoms with Crippen LogP contribution >= 0.6 is 0 Å². The number of nitrogens with one attached hydrogen (secondary N) is 2. The lowest BCUT2D eigenvalue weighted by molar-refractivity contribution is -0.702. The fraction of sp³-hybridized carbons (Fsp3) is 0.739. The van der Waals surface area contributed by atoms with Crippen LogP contribution in [0.3, 0.4) is 0 Å². The highest BCUT2D eigenvalue weighted by atomic mass is 16.7. The molecule has 33 heavy (non-hydrogen) atoms. The molecule has 0 aliphatic carbocycles. The molecule has 2 aromatic heterocycles. The van der Waals surface area contributed by atoms with Gasteiger partial charge in [0, 0.05) is 34.2 Å². The number of nitrogens with zero attached hydrogens (tertiary/aromatic N) is 2. The molecule has 1 saturated heterocycles. The second-order valence-electron chi connectivity index (χ2n) is 8.51. The number of aryl methyl sites for hydroxylation is 4. The number of hydrogen-bond acceptors (Lipinski definition) is 6. The van der Waals surface area contributed by atoms with E-state index in [1.165, 1.54) is 7.11 Å². The minimum Gasteiger partial charge on any atom is -0.394 e. The molecular formula is C23H40N4O6+2. The Morgan fingerprint density at radius 3 is 1.91 bits per heavy atom. The van der Waals surface area contributed by atoms with E-state index in [9.17, 15) is 10.2 Å². The molecule has 3 heterocycles. The fourth-order valence-corrected chi connectivity index (χ4v) is 4.18. The highest BCUT2D eigenvalue weighted by molar-refractivity contribution is 4.91. The van der Waals surface area contributed by atoms with Crippen molar-refractivity contribution in [3.05, 3.63) is 36.4 Å². The van der Waals surface area contributed by atoms with Crippen LogP contribution in [-0.2, 0) is 32.0 Å². The highest BCUT2D eigenvalue weighted by Gasteiger charge is 2.46. The van der Waals surface area contributed by atoms with E-state index >= 15 is 0 Å². The van der Waals surface area contributed by atoms with Gasteiger partial charge in [-0.2, -0.15) is 0 Å². The van der Waals surface area contributed by atoms with Crippen LogP contribution in [0.1, 0.15) is 37.3 Å². The molecule has 2 aromatic rings. The Bertz CT molecular complexity index is 812. The molecule has 1 aliphatic rings. The molecule has 0 unspecified atom stereocenters. The summed E-state index contributed by atoms with van der Waals surface area (Å²) >= 11 is 0. The van der Waals surface area contributed by atoms with Gasteiger partial charge in [-0.25, -0.2) is 19.1 Å². The van der Waals surface area contributed by atoms with Crippen LogP contribution in [-0.4, -0.2) is 77.8 Å². The standard InChI is InChI=1S/C23H38N4O6/c1-17-24-8-12-26(17)10-4-6-14-31-21-20(29)19(16-28)33-23(30-3)22(21)32-15-7-5-11-27-13-9-25-18(27)2/h8-9,12-13,19-23,28-29H,4-7,10-11,14-16H2,1-3H3/p+2/t19-,20-,21+,22-,23+/m1/s1. The number of aromatic amines is 2. The third-order valence-corrected chi connectivity index (χ3v) is 6.19. The fourth-order valence-electron chi connectivity index (χ4n) is 4.18. The number of imidazole rings is 2. The third-order valence-electron chi connectivity index (χ3n) is 6.19. The predicted molar refractivity (Wildman–Crippen MR) is 118 cm³/mol. The average molecular weight is 469 g/mol. The largest absolute Gasteiger partial charge is 0.394 e. The van der Waals surface area contributed by atoms with Crippen LogP contribution in [0.15, 0.2) is 24.8 Å². The summed E-state index contributed by atoms with van der Waals surface area (Å²) < 4.78 is 27.7. The minimum atomic E-state index is -0.995. The number of aromatic nitrogens is 4. The molecular weight excluding hydrogens is 428 g/mol. The maximum atomic E-state index is 10.8. The van der Waals surface area contributed by atoms with E-state index in [0.29, 0.717) is 13.2 Å². The Kier molecular flexibility index (Phi) is 10.3. The number of H-pyrrole nitrogens is 2. The number of ether oxygens (including phenoxy) is 4. The zero-order valence-electron chi connectivity index (χ0n) is 20.0. The molecule has 5 atom stereocenters. The smallest absolute Gasteiger partial charge is 0.251 e. The molecule has 1 fully saturated rings. The molecule has 0 amide bonds. The SMILES string of the molecule is CO[C@H]1O[C@H](CO)[C@@H](O)[C@H](OCCCC[n+]2cc[nH]c2C)[C@H]1OCCCC[n+]1cc[nH]c1C. The van der Waals surface area contributed by atoms with Gasteiger partial charge in [-0.15, -0.1) is 0 Å². The van der Waals surface area contributed by atoms with Crippen molar-refractivity contribution in [1.29, 1.82) is 0 Å². The summed E-state index contributed by atoms with van der Waals surface area (Å²) in [5, 5.41) is 20.4. The maximum Gasteiger partial charge on any atom is 0.251 e. The summed E-state index contributed by atoms with van der Waals surface area (Å²) in [6, 6.07) is 0. The highest BCUT2D eigenvalue weighted by Crippen LogP contribution is 2.27. The van der Waals surface area contributed by atoms with Crippen LogP contribution in [0.4, 0.5) is 0 Å². The first-order chi connectivity index (χ1) is 16.0. The Balaban J connectivity index is 1.48. The lowest BCUT2D eigenvalue weighted by atomic mass is 9.98. The van der Waals surface area contributed by atoms with Gasteiger partial charge in [-0.3, -0.25) is 0 Å². The van der Waals surface area contributed by atoms with Gasteiger partial charge >= 0.3 is 0 Å². The van der Waals surface area contributed by atoms with E-state index in [-0.39, 0.29) is 6.61 Å². The predicted octanol–water partition coefficient (Wildman–Crippen LogP) is 0.290. The molecule has 1 aliphatic heterocycles. The van der Waals surface area contributed by atoms with Crippen molar-refractivity contribution in [3.8, 4) is 0 Å². The molecule has 4 N–H and O–H groups in total. The first-order valence-electron chi connectivity index (χ1n) is 11.8. The summed E-state index contributed by atoms with van der Waals surface area (Å²) in [5.74, 6) is 2.23. The van der Waals surface area contributed by atoms with E-state index in [1.807, 2.05) is 38.6 Å². The summed E-state index contributed by atoms with van der Waals surface area (Å²) in [4.78, 5) is 6.33. The van der Waals surface area contributed by atoms with Gasteiger partial charge < -0.3 is 29.2 Å². The van der Waals surface area contributed by atoms with Crippen molar-refractivity contribution in [2.75, 3.05) is 26.9 Å². The Labute approximate surface area is 195 Å².